The molecule has 0 aromatic carbocycles. The first-order valence-corrected chi connectivity index (χ1v) is 10.1. The predicted molar refractivity (Wildman–Crippen MR) is 92.9 cm³/mol. The molecule has 0 unspecified atom stereocenters. The van der Waals surface area contributed by atoms with Crippen LogP contribution in [0, 0.1) is 0 Å². The minimum absolute atomic E-state index is 0. The molecule has 3 saturated carbocycles. The highest BCUT2D eigenvalue weighted by atomic mass is 127. The minimum atomic E-state index is 0. The van der Waals surface area contributed by atoms with Crippen molar-refractivity contribution >= 4 is 5.96 Å². The molecule has 0 aromatic rings. The van der Waals surface area contributed by atoms with Crippen LogP contribution >= 0.6 is 0 Å². The molecular formula is C19H36IN3. The maximum Gasteiger partial charge on any atom is 0.344 e. The van der Waals surface area contributed by atoms with Crippen LogP contribution in [0.4, 0.5) is 0 Å². The van der Waals surface area contributed by atoms with Gasteiger partial charge in [0, 0.05) is 0 Å². The second-order valence-electron chi connectivity index (χ2n) is 7.81. The van der Waals surface area contributed by atoms with E-state index in [0.29, 0.717) is 18.1 Å². The van der Waals surface area contributed by atoms with E-state index >= 15 is 0 Å². The van der Waals surface area contributed by atoms with E-state index in [1.165, 1.54) is 102 Å². The molecule has 23 heavy (non-hydrogen) atoms. The normalized spacial score (nSPS) is 24.5. The molecule has 3 aliphatic rings. The van der Waals surface area contributed by atoms with Gasteiger partial charge in [-0.3, -0.25) is 15.6 Å². The lowest BCUT2D eigenvalue weighted by Crippen LogP contribution is -3.00. The molecule has 3 nitrogen and oxygen atoms in total. The van der Waals surface area contributed by atoms with Gasteiger partial charge >= 0.3 is 5.96 Å². The highest BCUT2D eigenvalue weighted by molar-refractivity contribution is 5.74. The van der Waals surface area contributed by atoms with Crippen molar-refractivity contribution in [2.75, 3.05) is 0 Å². The van der Waals surface area contributed by atoms with Gasteiger partial charge < -0.3 is 24.0 Å². The first-order valence-electron chi connectivity index (χ1n) is 10.1. The number of nitrogens with one attached hydrogen (secondary N) is 3. The molecule has 0 radical (unpaired) electrons. The van der Waals surface area contributed by atoms with Crippen LogP contribution < -0.4 is 39.6 Å². The Morgan fingerprint density at radius 2 is 0.957 bits per heavy atom. The van der Waals surface area contributed by atoms with Crippen LogP contribution in [0.2, 0.25) is 0 Å². The van der Waals surface area contributed by atoms with Gasteiger partial charge in [0.1, 0.15) is 0 Å². The summed E-state index contributed by atoms with van der Waals surface area (Å²) in [5.74, 6) is 1.27. The summed E-state index contributed by atoms with van der Waals surface area (Å²) in [5.41, 5.74) is 0. The Bertz CT molecular complexity index is 319. The average Bonchev–Trinajstić information content (AvgIpc) is 2.57. The SMILES string of the molecule is C1CCC(NC(NC2CCCCC2)=[NH+]C2CCCCC2)CC1.[I-]. The predicted octanol–water partition coefficient (Wildman–Crippen LogP) is -0.396. The summed E-state index contributed by atoms with van der Waals surface area (Å²) < 4.78 is 0. The van der Waals surface area contributed by atoms with Gasteiger partial charge in [-0.05, 0) is 38.5 Å². The third-order valence-corrected chi connectivity index (χ3v) is 5.86. The smallest absolute Gasteiger partial charge is 0.344 e. The molecule has 0 saturated heterocycles. The summed E-state index contributed by atoms with van der Waals surface area (Å²) in [4.78, 5) is 3.84. The Hall–Kier alpha value is 0. The average molecular weight is 433 g/mol. The first kappa shape index (κ1) is 19.3. The fraction of sp³-hybridized carbons (Fsp3) is 0.947. The summed E-state index contributed by atoms with van der Waals surface area (Å²) in [5, 5.41) is 7.69. The number of rotatable bonds is 3. The second kappa shape index (κ2) is 10.8. The van der Waals surface area contributed by atoms with Crippen LogP contribution in [0.25, 0.3) is 0 Å². The summed E-state index contributed by atoms with van der Waals surface area (Å²) in [6, 6.07) is 2.07. The van der Waals surface area contributed by atoms with Crippen LogP contribution in [-0.2, 0) is 0 Å². The largest absolute Gasteiger partial charge is 1.00 e. The maximum atomic E-state index is 3.84. The van der Waals surface area contributed by atoms with Gasteiger partial charge in [-0.2, -0.15) is 0 Å². The Morgan fingerprint density at radius 1 is 0.565 bits per heavy atom. The van der Waals surface area contributed by atoms with E-state index in [1.807, 2.05) is 0 Å². The summed E-state index contributed by atoms with van der Waals surface area (Å²) in [6.07, 6.45) is 20.8. The molecule has 4 heteroatoms. The topological polar surface area (TPSA) is 38.0 Å². The molecule has 0 spiro atoms. The fourth-order valence-corrected chi connectivity index (χ4v) is 4.48. The van der Waals surface area contributed by atoms with Gasteiger partial charge in [0.05, 0.1) is 18.1 Å². The molecule has 0 aliphatic heterocycles. The van der Waals surface area contributed by atoms with Crippen LogP contribution in [-0.4, -0.2) is 24.1 Å². The minimum Gasteiger partial charge on any atom is -1.00 e. The first-order chi connectivity index (χ1) is 10.9. The molecule has 134 valence electrons. The van der Waals surface area contributed by atoms with Gasteiger partial charge in [0.25, 0.3) is 0 Å². The number of guanidine groups is 1. The monoisotopic (exact) mass is 433 g/mol. The molecule has 0 atom stereocenters. The highest BCUT2D eigenvalue weighted by Crippen LogP contribution is 2.19. The van der Waals surface area contributed by atoms with Crippen molar-refractivity contribution in [3.05, 3.63) is 0 Å². The van der Waals surface area contributed by atoms with Crippen molar-refractivity contribution in [2.45, 2.75) is 114 Å². The van der Waals surface area contributed by atoms with E-state index in [0.717, 1.165) is 0 Å². The van der Waals surface area contributed by atoms with Crippen molar-refractivity contribution < 1.29 is 29.0 Å². The maximum absolute atomic E-state index is 3.84. The van der Waals surface area contributed by atoms with Gasteiger partial charge in [-0.25, -0.2) is 0 Å². The number of hydrogen-bond acceptors (Lipinski definition) is 0. The van der Waals surface area contributed by atoms with Crippen LogP contribution in [0.15, 0.2) is 0 Å². The number of hydrogen-bond donors (Lipinski definition) is 3. The van der Waals surface area contributed by atoms with E-state index in [4.69, 9.17) is 0 Å². The standard InChI is InChI=1S/C19H35N3.HI/c1-4-10-16(11-5-1)20-19(21-17-12-6-2-7-13-17)22-18-14-8-3-9-15-18;/h16-18H,1-15H2,(H2,20,21,22);1H. The third-order valence-electron chi connectivity index (χ3n) is 5.86. The van der Waals surface area contributed by atoms with E-state index < -0.39 is 0 Å². The van der Waals surface area contributed by atoms with Gasteiger partial charge in [0.2, 0.25) is 0 Å². The van der Waals surface area contributed by atoms with E-state index in [2.05, 4.69) is 15.6 Å². The van der Waals surface area contributed by atoms with Crippen molar-refractivity contribution in [1.82, 2.24) is 10.6 Å². The summed E-state index contributed by atoms with van der Waals surface area (Å²) in [7, 11) is 0. The zero-order chi connectivity index (χ0) is 15.0. The molecule has 3 aliphatic carbocycles. The lowest BCUT2D eigenvalue weighted by molar-refractivity contribution is -0.512. The van der Waals surface area contributed by atoms with E-state index in [9.17, 15) is 0 Å². The molecule has 3 N–H and O–H groups in total. The fourth-order valence-electron chi connectivity index (χ4n) is 4.48. The van der Waals surface area contributed by atoms with Crippen LogP contribution in [0.3, 0.4) is 0 Å². The quantitative estimate of drug-likeness (QED) is 0.322. The van der Waals surface area contributed by atoms with Gasteiger partial charge in [-0.1, -0.05) is 57.8 Å². The van der Waals surface area contributed by atoms with Gasteiger partial charge in [-0.15, -0.1) is 0 Å². The highest BCUT2D eigenvalue weighted by Gasteiger charge is 2.24. The molecule has 0 amide bonds. The third kappa shape index (κ3) is 6.79. The molecule has 0 aromatic heterocycles. The zero-order valence-corrected chi connectivity index (χ0v) is 16.9. The lowest BCUT2D eigenvalue weighted by atomic mass is 9.94. The van der Waals surface area contributed by atoms with Gasteiger partial charge in [0.15, 0.2) is 0 Å². The second-order valence-corrected chi connectivity index (χ2v) is 7.81. The van der Waals surface area contributed by atoms with Crippen molar-refractivity contribution in [3.8, 4) is 0 Å². The van der Waals surface area contributed by atoms with Crippen LogP contribution in [0.5, 0.6) is 0 Å². The molecule has 0 heterocycles. The zero-order valence-electron chi connectivity index (χ0n) is 14.7. The summed E-state index contributed by atoms with van der Waals surface area (Å²) >= 11 is 0. The number of halogens is 1. The Morgan fingerprint density at radius 3 is 1.39 bits per heavy atom. The van der Waals surface area contributed by atoms with Crippen molar-refractivity contribution in [1.29, 1.82) is 0 Å². The molecular weight excluding hydrogens is 397 g/mol. The van der Waals surface area contributed by atoms with Crippen molar-refractivity contribution in [3.63, 3.8) is 0 Å². The van der Waals surface area contributed by atoms with Crippen LogP contribution in [0.1, 0.15) is 96.3 Å². The molecule has 0 bridgehead atoms. The van der Waals surface area contributed by atoms with Crippen molar-refractivity contribution in [2.24, 2.45) is 0 Å². The Balaban J connectivity index is 0.00000192. The van der Waals surface area contributed by atoms with E-state index in [-0.39, 0.29) is 24.0 Å². The molecule has 3 fully saturated rings. The lowest BCUT2D eigenvalue weighted by Gasteiger charge is -2.26. The summed E-state index contributed by atoms with van der Waals surface area (Å²) in [6.45, 7) is 0. The Kier molecular flexibility index (Phi) is 9.06. The molecule has 3 rings (SSSR count). The Labute approximate surface area is 159 Å². The van der Waals surface area contributed by atoms with E-state index in [1.54, 1.807) is 0 Å².